The number of nitriles is 1. The summed E-state index contributed by atoms with van der Waals surface area (Å²) in [6.07, 6.45) is 1.80. The molecular weight excluding hydrogens is 391 g/mol. The third kappa shape index (κ3) is 4.83. The highest BCUT2D eigenvalue weighted by molar-refractivity contribution is 14.1. The van der Waals surface area contributed by atoms with E-state index in [0.29, 0.717) is 16.1 Å². The summed E-state index contributed by atoms with van der Waals surface area (Å²) in [6, 6.07) is 4.74. The zero-order valence-electron chi connectivity index (χ0n) is 11.0. The molecule has 1 aromatic carbocycles. The molecule has 0 heterocycles. The number of benzene rings is 1. The Bertz CT molecular complexity index is 531. The van der Waals surface area contributed by atoms with Gasteiger partial charge in [0.05, 0.1) is 26.7 Å². The third-order valence-corrected chi connectivity index (χ3v) is 3.89. The Morgan fingerprint density at radius 3 is 2.80 bits per heavy atom. The molecule has 20 heavy (non-hydrogen) atoms. The van der Waals surface area contributed by atoms with E-state index < -0.39 is 4.92 Å². The molecule has 0 saturated carbocycles. The van der Waals surface area contributed by atoms with Crippen molar-refractivity contribution in [1.82, 2.24) is 0 Å². The minimum absolute atomic E-state index is 0.157. The molecule has 0 amide bonds. The van der Waals surface area contributed by atoms with Crippen molar-refractivity contribution in [3.05, 3.63) is 31.4 Å². The molecule has 0 spiro atoms. The van der Waals surface area contributed by atoms with Crippen molar-refractivity contribution in [2.45, 2.75) is 19.8 Å². The fourth-order valence-corrected chi connectivity index (χ4v) is 2.86. The summed E-state index contributed by atoms with van der Waals surface area (Å²) in [7, 11) is 0. The van der Waals surface area contributed by atoms with Gasteiger partial charge in [-0.15, -0.1) is 0 Å². The smallest absolute Gasteiger partial charge is 0.313 e. The molecule has 0 aliphatic rings. The van der Waals surface area contributed by atoms with Gasteiger partial charge in [-0.2, -0.15) is 17.9 Å². The third-order valence-electron chi connectivity index (χ3n) is 2.83. The normalized spacial score (nSPS) is 11.7. The van der Waals surface area contributed by atoms with Crippen molar-refractivity contribution in [1.29, 1.82) is 5.26 Å². The van der Waals surface area contributed by atoms with Gasteiger partial charge in [0.15, 0.2) is 0 Å². The van der Waals surface area contributed by atoms with Crippen molar-refractivity contribution in [3.8, 4) is 11.8 Å². The Morgan fingerprint density at radius 1 is 1.55 bits per heavy atom. The Morgan fingerprint density at radius 2 is 2.25 bits per heavy atom. The summed E-state index contributed by atoms with van der Waals surface area (Å²) in [5, 5.41) is 19.9. The molecule has 0 N–H and O–H groups in total. The van der Waals surface area contributed by atoms with Gasteiger partial charge in [0.25, 0.3) is 0 Å². The Labute approximate surface area is 137 Å². The van der Waals surface area contributed by atoms with Gasteiger partial charge in [-0.05, 0) is 53.2 Å². The van der Waals surface area contributed by atoms with E-state index in [1.54, 1.807) is 6.07 Å². The molecule has 7 heteroatoms. The van der Waals surface area contributed by atoms with Crippen LogP contribution < -0.4 is 4.74 Å². The van der Waals surface area contributed by atoms with Gasteiger partial charge in [0, 0.05) is 6.07 Å². The highest BCUT2D eigenvalue weighted by Gasteiger charge is 2.20. The van der Waals surface area contributed by atoms with Gasteiger partial charge < -0.3 is 4.74 Å². The summed E-state index contributed by atoms with van der Waals surface area (Å²) in [5.74, 6) is 1.52. The number of nitro benzene ring substituents is 1. The zero-order chi connectivity index (χ0) is 15.1. The van der Waals surface area contributed by atoms with E-state index >= 15 is 0 Å². The number of nitro groups is 1. The van der Waals surface area contributed by atoms with Gasteiger partial charge in [-0.1, -0.05) is 6.92 Å². The molecule has 0 radical (unpaired) electrons. The summed E-state index contributed by atoms with van der Waals surface area (Å²) >= 11 is 6.12. The molecule has 0 bridgehead atoms. The molecule has 1 atom stereocenters. The van der Waals surface area contributed by atoms with Crippen molar-refractivity contribution >= 4 is 40.9 Å². The number of thiol groups is 1. The highest BCUT2D eigenvalue weighted by Crippen LogP contribution is 2.33. The lowest BCUT2D eigenvalue weighted by atomic mass is 10.1. The molecule has 1 aromatic rings. The molecule has 0 aliphatic carbocycles. The number of ether oxygens (including phenoxy) is 1. The van der Waals surface area contributed by atoms with E-state index in [0.717, 1.165) is 18.6 Å². The van der Waals surface area contributed by atoms with Gasteiger partial charge in [-0.25, -0.2) is 0 Å². The summed E-state index contributed by atoms with van der Waals surface area (Å²) < 4.78 is 6.14. The van der Waals surface area contributed by atoms with Crippen LogP contribution in [-0.4, -0.2) is 17.3 Å². The van der Waals surface area contributed by atoms with E-state index in [-0.39, 0.29) is 17.0 Å². The summed E-state index contributed by atoms with van der Waals surface area (Å²) in [5.41, 5.74) is 0.104. The lowest BCUT2D eigenvalue weighted by Crippen LogP contribution is -2.07. The predicted molar refractivity (Wildman–Crippen MR) is 88.3 cm³/mol. The average molecular weight is 406 g/mol. The molecule has 0 saturated heterocycles. The van der Waals surface area contributed by atoms with Crippen LogP contribution in [0.15, 0.2) is 12.1 Å². The Kier molecular flexibility index (Phi) is 7.09. The minimum atomic E-state index is -0.518. The Hall–Kier alpha value is -1.01. The summed E-state index contributed by atoms with van der Waals surface area (Å²) in [4.78, 5) is 10.5. The first-order valence-electron chi connectivity index (χ1n) is 6.11. The topological polar surface area (TPSA) is 76.2 Å². The number of hydrogen-bond donors (Lipinski definition) is 1. The second-order valence-corrected chi connectivity index (χ2v) is 6.04. The van der Waals surface area contributed by atoms with E-state index in [1.165, 1.54) is 6.07 Å². The zero-order valence-corrected chi connectivity index (χ0v) is 14.1. The monoisotopic (exact) mass is 406 g/mol. The number of nitrogens with zero attached hydrogens (tertiary/aromatic N) is 2. The van der Waals surface area contributed by atoms with Crippen molar-refractivity contribution in [3.63, 3.8) is 0 Å². The van der Waals surface area contributed by atoms with Crippen molar-refractivity contribution in [2.75, 3.05) is 12.4 Å². The first kappa shape index (κ1) is 17.0. The molecule has 0 fully saturated rings. The predicted octanol–water partition coefficient (Wildman–Crippen LogP) is 3.80. The van der Waals surface area contributed by atoms with E-state index in [9.17, 15) is 10.1 Å². The van der Waals surface area contributed by atoms with Crippen molar-refractivity contribution < 1.29 is 9.66 Å². The van der Waals surface area contributed by atoms with Gasteiger partial charge in [0.2, 0.25) is 5.75 Å². The fourth-order valence-electron chi connectivity index (χ4n) is 1.65. The van der Waals surface area contributed by atoms with Crippen LogP contribution in [0.3, 0.4) is 0 Å². The standard InChI is InChI=1S/C13H15IN2O3S/c1-9(3-5-20)2-4-19-13-11(14)6-10(8-15)7-12(13)16(17)18/h6-7,9,20H,2-5H2,1H3. The number of hydrogen-bond acceptors (Lipinski definition) is 5. The van der Waals surface area contributed by atoms with Crippen LogP contribution in [-0.2, 0) is 0 Å². The van der Waals surface area contributed by atoms with E-state index in [2.05, 4.69) is 19.6 Å². The van der Waals surface area contributed by atoms with Crippen LogP contribution in [0, 0.1) is 30.9 Å². The first-order chi connectivity index (χ1) is 9.49. The molecule has 108 valence electrons. The maximum atomic E-state index is 11.0. The second-order valence-electron chi connectivity index (χ2n) is 4.43. The second kappa shape index (κ2) is 8.32. The van der Waals surface area contributed by atoms with Gasteiger partial charge in [-0.3, -0.25) is 10.1 Å². The minimum Gasteiger partial charge on any atom is -0.486 e. The van der Waals surface area contributed by atoms with Gasteiger partial charge >= 0.3 is 5.69 Å². The lowest BCUT2D eigenvalue weighted by Gasteiger charge is -2.12. The number of halogens is 1. The fraction of sp³-hybridized carbons (Fsp3) is 0.462. The molecular formula is C13H15IN2O3S. The van der Waals surface area contributed by atoms with Crippen LogP contribution in [0.25, 0.3) is 0 Å². The summed E-state index contributed by atoms with van der Waals surface area (Å²) in [6.45, 7) is 2.51. The van der Waals surface area contributed by atoms with E-state index in [1.807, 2.05) is 28.7 Å². The largest absolute Gasteiger partial charge is 0.486 e. The highest BCUT2D eigenvalue weighted by atomic mass is 127. The molecule has 0 aliphatic heterocycles. The van der Waals surface area contributed by atoms with Crippen LogP contribution in [0.5, 0.6) is 5.75 Å². The maximum absolute atomic E-state index is 11.0. The lowest BCUT2D eigenvalue weighted by molar-refractivity contribution is -0.386. The molecule has 0 aromatic heterocycles. The van der Waals surface area contributed by atoms with E-state index in [4.69, 9.17) is 10.00 Å². The molecule has 1 unspecified atom stereocenters. The number of rotatable bonds is 7. The van der Waals surface area contributed by atoms with Crippen LogP contribution >= 0.6 is 35.2 Å². The van der Waals surface area contributed by atoms with Crippen molar-refractivity contribution in [2.24, 2.45) is 5.92 Å². The van der Waals surface area contributed by atoms with Crippen LogP contribution in [0.1, 0.15) is 25.3 Å². The maximum Gasteiger partial charge on any atom is 0.313 e. The molecule has 1 rings (SSSR count). The Balaban J connectivity index is 2.84. The van der Waals surface area contributed by atoms with Crippen LogP contribution in [0.2, 0.25) is 0 Å². The van der Waals surface area contributed by atoms with Gasteiger partial charge in [0.1, 0.15) is 0 Å². The average Bonchev–Trinajstić information content (AvgIpc) is 2.40. The SMILES string of the molecule is CC(CCS)CCOc1c(I)cc(C#N)cc1[N+](=O)[O-]. The first-order valence-corrected chi connectivity index (χ1v) is 7.82. The van der Waals surface area contributed by atoms with Crippen LogP contribution in [0.4, 0.5) is 5.69 Å². The quantitative estimate of drug-likeness (QED) is 0.324. The molecule has 5 nitrogen and oxygen atoms in total.